The van der Waals surface area contributed by atoms with Gasteiger partial charge >= 0.3 is 0 Å². The average Bonchev–Trinajstić information content (AvgIpc) is 3.56. The van der Waals surface area contributed by atoms with Crippen molar-refractivity contribution in [1.82, 2.24) is 31.4 Å². The van der Waals surface area contributed by atoms with Crippen LogP contribution in [0.25, 0.3) is 0 Å². The lowest BCUT2D eigenvalue weighted by Gasteiger charge is -2.26. The molecule has 0 fully saturated rings. The topological polar surface area (TPSA) is 168 Å². The van der Waals surface area contributed by atoms with Crippen LogP contribution in [0, 0.1) is 19.8 Å². The summed E-state index contributed by atoms with van der Waals surface area (Å²) in [5, 5.41) is 15.2. The SMILES string of the molecule is Cc1noc(C)c1C(=O)N[C@H]1CCCCNC(=O)c2coc(n2)[C@H](C(C)C)NC(=O)[C@H](Cc2ccccc2)NC1=O. The minimum Gasteiger partial charge on any atom is -0.446 e. The Kier molecular flexibility index (Phi) is 9.53. The first-order chi connectivity index (χ1) is 19.6. The second kappa shape index (κ2) is 13.2. The summed E-state index contributed by atoms with van der Waals surface area (Å²) in [6.45, 7) is 7.39. The van der Waals surface area contributed by atoms with Crippen LogP contribution in [0.3, 0.4) is 0 Å². The molecule has 3 atom stereocenters. The second-order valence-corrected chi connectivity index (χ2v) is 10.5. The van der Waals surface area contributed by atoms with Gasteiger partial charge in [0.05, 0.1) is 5.69 Å². The lowest BCUT2D eigenvalue weighted by Crippen LogP contribution is -2.55. The molecule has 1 aliphatic heterocycles. The van der Waals surface area contributed by atoms with Crippen molar-refractivity contribution in [2.24, 2.45) is 5.92 Å². The molecule has 0 spiro atoms. The van der Waals surface area contributed by atoms with Gasteiger partial charge in [0.25, 0.3) is 11.8 Å². The standard InChI is InChI=1S/C29H36N6O6/c1-16(2)24-29-33-22(15-40-29)25(36)30-13-9-8-12-20(31-28(39)23-17(3)35-41-18(23)4)26(37)32-21(27(38)34-24)14-19-10-6-5-7-11-19/h5-7,10-11,15-16,20-21,24H,8-9,12-14H2,1-4H3,(H,30,36)(H,31,39)(H,32,37)(H,34,38)/t20-,21-,24-/m0/s1. The summed E-state index contributed by atoms with van der Waals surface area (Å²) in [5.74, 6) is -1.45. The van der Waals surface area contributed by atoms with Gasteiger partial charge in [0.15, 0.2) is 5.69 Å². The van der Waals surface area contributed by atoms with E-state index >= 15 is 0 Å². The van der Waals surface area contributed by atoms with Crippen LogP contribution in [0.5, 0.6) is 0 Å². The van der Waals surface area contributed by atoms with Gasteiger partial charge in [-0.1, -0.05) is 49.3 Å². The normalized spacial score (nSPS) is 20.7. The number of rotatable bonds is 5. The molecule has 3 aromatic rings. The van der Waals surface area contributed by atoms with Gasteiger partial charge < -0.3 is 30.2 Å². The highest BCUT2D eigenvalue weighted by Gasteiger charge is 2.32. The maximum absolute atomic E-state index is 13.7. The summed E-state index contributed by atoms with van der Waals surface area (Å²) in [6, 6.07) is 6.76. The molecule has 0 saturated heterocycles. The molecule has 1 aromatic carbocycles. The molecule has 2 aromatic heterocycles. The van der Waals surface area contributed by atoms with E-state index in [0.717, 1.165) is 5.56 Å². The Morgan fingerprint density at radius 3 is 2.51 bits per heavy atom. The number of nitrogens with one attached hydrogen (secondary N) is 4. The fraction of sp³-hybridized carbons (Fsp3) is 0.448. The Labute approximate surface area is 238 Å². The number of fused-ring (bicyclic) bond motifs is 2. The molecule has 12 nitrogen and oxygen atoms in total. The second-order valence-electron chi connectivity index (χ2n) is 10.5. The summed E-state index contributed by atoms with van der Waals surface area (Å²) in [6.07, 6.45) is 2.82. The third-order valence-corrected chi connectivity index (χ3v) is 6.99. The zero-order chi connectivity index (χ0) is 29.5. The fourth-order valence-corrected chi connectivity index (χ4v) is 4.71. The Morgan fingerprint density at radius 1 is 1.07 bits per heavy atom. The molecule has 4 rings (SSSR count). The van der Waals surface area contributed by atoms with E-state index in [-0.39, 0.29) is 35.9 Å². The molecule has 2 bridgehead atoms. The third kappa shape index (κ3) is 7.38. The van der Waals surface area contributed by atoms with Crippen molar-refractivity contribution < 1.29 is 28.1 Å². The van der Waals surface area contributed by atoms with Crippen molar-refractivity contribution in [3.8, 4) is 0 Å². The van der Waals surface area contributed by atoms with Gasteiger partial charge in [-0.3, -0.25) is 19.2 Å². The fourth-order valence-electron chi connectivity index (χ4n) is 4.71. The third-order valence-electron chi connectivity index (χ3n) is 6.99. The number of carbonyl (C=O) groups excluding carboxylic acids is 4. The molecule has 4 N–H and O–H groups in total. The van der Waals surface area contributed by atoms with Crippen molar-refractivity contribution in [2.75, 3.05) is 6.54 Å². The van der Waals surface area contributed by atoms with E-state index in [0.29, 0.717) is 30.8 Å². The zero-order valence-electron chi connectivity index (χ0n) is 23.7. The smallest absolute Gasteiger partial charge is 0.273 e. The molecule has 0 saturated carbocycles. The minimum atomic E-state index is -0.963. The number of hydrogen-bond donors (Lipinski definition) is 4. The molecule has 4 amide bonds. The highest BCUT2D eigenvalue weighted by Crippen LogP contribution is 2.22. The minimum absolute atomic E-state index is 0.116. The van der Waals surface area contributed by atoms with Gasteiger partial charge in [-0.25, -0.2) is 4.98 Å². The van der Waals surface area contributed by atoms with Gasteiger partial charge in [0.1, 0.15) is 35.7 Å². The van der Waals surface area contributed by atoms with Crippen molar-refractivity contribution in [3.63, 3.8) is 0 Å². The van der Waals surface area contributed by atoms with Crippen LogP contribution >= 0.6 is 0 Å². The number of hydrogen-bond acceptors (Lipinski definition) is 8. The van der Waals surface area contributed by atoms with Crippen LogP contribution in [0.4, 0.5) is 0 Å². The number of aryl methyl sites for hydroxylation is 2. The lowest BCUT2D eigenvalue weighted by molar-refractivity contribution is -0.130. The highest BCUT2D eigenvalue weighted by atomic mass is 16.5. The van der Waals surface area contributed by atoms with Gasteiger partial charge in [-0.15, -0.1) is 0 Å². The molecular weight excluding hydrogens is 528 g/mol. The van der Waals surface area contributed by atoms with E-state index in [1.165, 1.54) is 6.26 Å². The Bertz CT molecular complexity index is 1360. The molecule has 218 valence electrons. The lowest BCUT2D eigenvalue weighted by atomic mass is 10.0. The number of amides is 4. The van der Waals surface area contributed by atoms with Gasteiger partial charge in [0.2, 0.25) is 17.7 Å². The van der Waals surface area contributed by atoms with Crippen LogP contribution in [0.2, 0.25) is 0 Å². The molecule has 1 aliphatic rings. The zero-order valence-corrected chi connectivity index (χ0v) is 23.7. The molecule has 0 radical (unpaired) electrons. The van der Waals surface area contributed by atoms with Crippen LogP contribution in [0.1, 0.15) is 82.9 Å². The van der Waals surface area contributed by atoms with Crippen LogP contribution < -0.4 is 21.3 Å². The predicted molar refractivity (Wildman–Crippen MR) is 148 cm³/mol. The van der Waals surface area contributed by atoms with Gasteiger partial charge in [-0.05, 0) is 44.6 Å². The molecule has 12 heteroatoms. The Balaban J connectivity index is 1.64. The first-order valence-electron chi connectivity index (χ1n) is 13.8. The highest BCUT2D eigenvalue weighted by molar-refractivity contribution is 5.99. The summed E-state index contributed by atoms with van der Waals surface area (Å²) in [4.78, 5) is 57.4. The van der Waals surface area contributed by atoms with E-state index < -0.39 is 41.8 Å². The van der Waals surface area contributed by atoms with Crippen molar-refractivity contribution in [2.45, 2.75) is 71.5 Å². The molecule has 0 unspecified atom stereocenters. The molecular formula is C29H36N6O6. The summed E-state index contributed by atoms with van der Waals surface area (Å²) in [7, 11) is 0. The summed E-state index contributed by atoms with van der Waals surface area (Å²) in [5.41, 5.74) is 1.63. The van der Waals surface area contributed by atoms with E-state index in [9.17, 15) is 19.2 Å². The quantitative estimate of drug-likeness (QED) is 0.367. The number of benzene rings is 1. The van der Waals surface area contributed by atoms with Gasteiger partial charge in [0, 0.05) is 13.0 Å². The van der Waals surface area contributed by atoms with E-state index in [4.69, 9.17) is 8.94 Å². The summed E-state index contributed by atoms with van der Waals surface area (Å²) < 4.78 is 10.7. The Morgan fingerprint density at radius 2 is 1.83 bits per heavy atom. The van der Waals surface area contributed by atoms with Gasteiger partial charge in [-0.2, -0.15) is 0 Å². The molecule has 41 heavy (non-hydrogen) atoms. The van der Waals surface area contributed by atoms with Crippen molar-refractivity contribution >= 4 is 23.6 Å². The van der Waals surface area contributed by atoms with Crippen molar-refractivity contribution in [1.29, 1.82) is 0 Å². The monoisotopic (exact) mass is 564 g/mol. The van der Waals surface area contributed by atoms with E-state index in [2.05, 4.69) is 31.4 Å². The first-order valence-corrected chi connectivity index (χ1v) is 13.8. The van der Waals surface area contributed by atoms with Crippen LogP contribution in [0.15, 0.2) is 45.5 Å². The van der Waals surface area contributed by atoms with Crippen LogP contribution in [-0.4, -0.2) is 52.4 Å². The maximum atomic E-state index is 13.7. The predicted octanol–water partition coefficient (Wildman–Crippen LogP) is 2.53. The Hall–Kier alpha value is -4.48. The number of nitrogens with zero attached hydrogens (tertiary/aromatic N) is 2. The number of carbonyl (C=O) groups is 4. The van der Waals surface area contributed by atoms with E-state index in [1.54, 1.807) is 13.8 Å². The average molecular weight is 565 g/mol. The molecule has 0 aliphatic carbocycles. The number of aromatic nitrogens is 2. The maximum Gasteiger partial charge on any atom is 0.273 e. The van der Waals surface area contributed by atoms with Crippen LogP contribution in [-0.2, 0) is 16.0 Å². The number of oxazole rings is 1. The molecule has 3 heterocycles. The first kappa shape index (κ1) is 29.5. The largest absolute Gasteiger partial charge is 0.446 e. The summed E-state index contributed by atoms with van der Waals surface area (Å²) >= 11 is 0. The van der Waals surface area contributed by atoms with E-state index in [1.807, 2.05) is 44.2 Å². The van der Waals surface area contributed by atoms with Crippen molar-refractivity contribution in [3.05, 3.63) is 70.8 Å².